The van der Waals surface area contributed by atoms with Gasteiger partial charge in [0, 0.05) is 63.2 Å². The van der Waals surface area contributed by atoms with Gasteiger partial charge >= 0.3 is 0 Å². The Hall–Kier alpha value is -4.90. The second-order valence-electron chi connectivity index (χ2n) is 19.1. The van der Waals surface area contributed by atoms with E-state index >= 15 is 0 Å². The number of ether oxygens (including phenoxy) is 2. The van der Waals surface area contributed by atoms with E-state index in [0.29, 0.717) is 52.1 Å². The number of likely N-dealkylation sites (tertiary alicyclic amines) is 2. The number of rotatable bonds is 27. The molecule has 2 aromatic rings. The van der Waals surface area contributed by atoms with Crippen LogP contribution in [0.5, 0.6) is 0 Å². The molecular formula is C52H82N8O8. The van der Waals surface area contributed by atoms with Gasteiger partial charge in [-0.3, -0.25) is 28.8 Å². The van der Waals surface area contributed by atoms with Crippen LogP contribution >= 0.6 is 0 Å². The molecule has 2 fully saturated rings. The van der Waals surface area contributed by atoms with Crippen molar-refractivity contribution in [2.45, 2.75) is 142 Å². The number of nitrogens with one attached hydrogen (secondary N) is 4. The number of hydrogen-bond donors (Lipinski definition) is 4. The van der Waals surface area contributed by atoms with Gasteiger partial charge < -0.3 is 50.3 Å². The summed E-state index contributed by atoms with van der Waals surface area (Å²) in [5.41, 5.74) is 2.26. The van der Waals surface area contributed by atoms with Crippen LogP contribution in [0, 0.1) is 11.8 Å². The van der Waals surface area contributed by atoms with Crippen LogP contribution in [-0.2, 0) is 51.1 Å². The van der Waals surface area contributed by atoms with Crippen molar-refractivity contribution in [3.8, 4) is 0 Å². The maximum atomic E-state index is 14.6. The molecule has 2 saturated heterocycles. The van der Waals surface area contributed by atoms with Crippen LogP contribution in [0.2, 0.25) is 0 Å². The van der Waals surface area contributed by atoms with Gasteiger partial charge in [0.15, 0.2) is 0 Å². The molecule has 378 valence electrons. The molecule has 0 aromatic heterocycles. The Morgan fingerprint density at radius 1 is 0.574 bits per heavy atom. The van der Waals surface area contributed by atoms with E-state index in [1.165, 1.54) is 0 Å². The lowest BCUT2D eigenvalue weighted by atomic mass is 10.1. The molecule has 6 amide bonds. The smallest absolute Gasteiger partial charge is 0.248 e. The largest absolute Gasteiger partial charge is 0.373 e. The van der Waals surface area contributed by atoms with Crippen molar-refractivity contribution >= 4 is 35.4 Å². The average molecular weight is 947 g/mol. The van der Waals surface area contributed by atoms with E-state index in [1.54, 1.807) is 51.6 Å². The van der Waals surface area contributed by atoms with Crippen LogP contribution in [0.4, 0.5) is 0 Å². The van der Waals surface area contributed by atoms with Gasteiger partial charge in [0.05, 0.1) is 37.5 Å². The monoisotopic (exact) mass is 947 g/mol. The topological polar surface area (TPSA) is 182 Å². The van der Waals surface area contributed by atoms with Gasteiger partial charge in [-0.25, -0.2) is 0 Å². The number of hydrogen-bond acceptors (Lipinski definition) is 10. The first-order valence-electron chi connectivity index (χ1n) is 24.9. The Balaban J connectivity index is 1.45. The van der Waals surface area contributed by atoms with Crippen molar-refractivity contribution in [3.05, 3.63) is 71.8 Å². The molecule has 0 unspecified atom stereocenters. The summed E-state index contributed by atoms with van der Waals surface area (Å²) in [5, 5.41) is 11.8. The van der Waals surface area contributed by atoms with E-state index in [2.05, 4.69) is 21.3 Å². The first-order valence-corrected chi connectivity index (χ1v) is 24.9. The standard InChI is InChI=1S/C52H82N8O8/c1-35(2)49(63)57(29-25-41-19-13-11-14-20-41)33-43-23-17-27-59(43)51(65)45(55-47(61)37(5)53-9)39(7)67-31-32-68-40(8)46(56-48(62)38(6)54-10)52(66)60-28-18-24-44(60)34-58(50(64)36(3)4)30-26-42-21-15-12-16-22-42/h11-16,19-22,35-40,43-46,53-54H,17-18,23-34H2,1-10H3,(H,55,61)(H,56,62)/t37-,38-,39+,40+,43-,44-,45-,46-/m0/s1. The van der Waals surface area contributed by atoms with Gasteiger partial charge in [0.25, 0.3) is 0 Å². The molecule has 4 N–H and O–H groups in total. The van der Waals surface area contributed by atoms with E-state index in [4.69, 9.17) is 9.47 Å². The SMILES string of the molecule is CN[C@@H](C)C(=O)N[C@H](C(=O)N1CCC[C@H]1CN(CCc1ccccc1)C(=O)C(C)C)[C@@H](C)OCCO[C@H](C)[C@H](NC(=O)[C@H](C)NC)C(=O)N1CCC[C@H]1CN(CCc1ccccc1)C(=O)C(C)C. The second-order valence-corrected chi connectivity index (χ2v) is 19.1. The number of benzene rings is 2. The molecule has 0 spiro atoms. The fourth-order valence-corrected chi connectivity index (χ4v) is 8.87. The Morgan fingerprint density at radius 3 is 1.25 bits per heavy atom. The highest BCUT2D eigenvalue weighted by atomic mass is 16.5. The van der Waals surface area contributed by atoms with E-state index in [1.807, 2.05) is 98.2 Å². The zero-order chi connectivity index (χ0) is 49.9. The van der Waals surface area contributed by atoms with Crippen LogP contribution in [0.15, 0.2) is 60.7 Å². The van der Waals surface area contributed by atoms with Crippen LogP contribution in [0.25, 0.3) is 0 Å². The highest BCUT2D eigenvalue weighted by Gasteiger charge is 2.41. The van der Waals surface area contributed by atoms with Gasteiger partial charge in [0.1, 0.15) is 12.1 Å². The minimum atomic E-state index is -1.03. The van der Waals surface area contributed by atoms with Crippen molar-refractivity contribution in [2.24, 2.45) is 11.8 Å². The first kappa shape index (κ1) is 55.7. The summed E-state index contributed by atoms with van der Waals surface area (Å²) in [6, 6.07) is 16.3. The first-order chi connectivity index (χ1) is 32.5. The lowest BCUT2D eigenvalue weighted by Crippen LogP contribution is -2.59. The predicted octanol–water partition coefficient (Wildman–Crippen LogP) is 3.42. The second kappa shape index (κ2) is 27.9. The summed E-state index contributed by atoms with van der Waals surface area (Å²) in [6.45, 7) is 17.3. The third-order valence-corrected chi connectivity index (χ3v) is 13.4. The molecule has 0 radical (unpaired) electrons. The Morgan fingerprint density at radius 2 is 0.926 bits per heavy atom. The summed E-state index contributed by atoms with van der Waals surface area (Å²) in [6.07, 6.45) is 2.79. The van der Waals surface area contributed by atoms with Gasteiger partial charge in [-0.05, 0) is 91.4 Å². The highest BCUT2D eigenvalue weighted by molar-refractivity contribution is 5.91. The minimum absolute atomic E-state index is 0.0219. The van der Waals surface area contributed by atoms with Gasteiger partial charge in [-0.1, -0.05) is 88.4 Å². The number of likely N-dealkylation sites (N-methyl/N-ethyl adjacent to an activating group) is 2. The lowest BCUT2D eigenvalue weighted by Gasteiger charge is -2.36. The maximum absolute atomic E-state index is 14.6. The Labute approximate surface area is 406 Å². The number of amides is 6. The van der Waals surface area contributed by atoms with E-state index < -0.39 is 36.4 Å². The zero-order valence-electron chi connectivity index (χ0n) is 42.5. The number of carbonyl (C=O) groups excluding carboxylic acids is 6. The van der Waals surface area contributed by atoms with Crippen LogP contribution < -0.4 is 21.3 Å². The summed E-state index contributed by atoms with van der Waals surface area (Å²) in [5.74, 6) is -1.66. The molecule has 2 aliphatic rings. The fourth-order valence-electron chi connectivity index (χ4n) is 8.87. The molecule has 8 atom stereocenters. The molecule has 16 heteroatoms. The Bertz CT molecular complexity index is 1770. The molecule has 2 heterocycles. The van der Waals surface area contributed by atoms with E-state index in [0.717, 1.165) is 36.8 Å². The molecule has 2 aromatic carbocycles. The van der Waals surface area contributed by atoms with Crippen molar-refractivity contribution in [1.82, 2.24) is 40.9 Å². The Kier molecular flexibility index (Phi) is 22.9. The third-order valence-electron chi connectivity index (χ3n) is 13.4. The fraction of sp³-hybridized carbons (Fsp3) is 0.654. The molecule has 0 saturated carbocycles. The zero-order valence-corrected chi connectivity index (χ0v) is 42.5. The molecule has 0 aliphatic carbocycles. The van der Waals surface area contributed by atoms with Crippen LogP contribution in [-0.4, -0.2) is 170 Å². The maximum Gasteiger partial charge on any atom is 0.248 e. The molecule has 16 nitrogen and oxygen atoms in total. The minimum Gasteiger partial charge on any atom is -0.373 e. The molecule has 68 heavy (non-hydrogen) atoms. The van der Waals surface area contributed by atoms with Crippen molar-refractivity contribution in [3.63, 3.8) is 0 Å². The average Bonchev–Trinajstić information content (AvgIpc) is 4.02. The third kappa shape index (κ3) is 16.4. The summed E-state index contributed by atoms with van der Waals surface area (Å²) in [4.78, 5) is 90.1. The van der Waals surface area contributed by atoms with Crippen molar-refractivity contribution in [1.29, 1.82) is 0 Å². The van der Waals surface area contributed by atoms with Gasteiger partial charge in [0.2, 0.25) is 35.4 Å². The normalized spacial score (nSPS) is 18.7. The van der Waals surface area contributed by atoms with E-state index in [9.17, 15) is 28.8 Å². The molecule has 2 aliphatic heterocycles. The molecule has 0 bridgehead atoms. The van der Waals surface area contributed by atoms with Crippen molar-refractivity contribution in [2.75, 3.05) is 66.6 Å². The lowest BCUT2D eigenvalue weighted by molar-refractivity contribution is -0.145. The number of carbonyl (C=O) groups is 6. The molecular weight excluding hydrogens is 865 g/mol. The van der Waals surface area contributed by atoms with Crippen LogP contribution in [0.3, 0.4) is 0 Å². The highest BCUT2D eigenvalue weighted by Crippen LogP contribution is 2.24. The predicted molar refractivity (Wildman–Crippen MR) is 264 cm³/mol. The summed E-state index contributed by atoms with van der Waals surface area (Å²) < 4.78 is 12.5. The van der Waals surface area contributed by atoms with Crippen molar-refractivity contribution < 1.29 is 38.2 Å². The van der Waals surface area contributed by atoms with E-state index in [-0.39, 0.29) is 72.6 Å². The van der Waals surface area contributed by atoms with Gasteiger partial charge in [-0.2, -0.15) is 0 Å². The summed E-state index contributed by atoms with van der Waals surface area (Å²) >= 11 is 0. The molecule has 4 rings (SSSR count). The summed E-state index contributed by atoms with van der Waals surface area (Å²) in [7, 11) is 3.34. The van der Waals surface area contributed by atoms with Crippen LogP contribution in [0.1, 0.15) is 92.2 Å². The number of nitrogens with zero attached hydrogens (tertiary/aromatic N) is 4. The quantitative estimate of drug-likeness (QED) is 0.0970. The van der Waals surface area contributed by atoms with Gasteiger partial charge in [-0.15, -0.1) is 0 Å².